The number of amides is 1. The molecule has 0 aromatic rings. The van der Waals surface area contributed by atoms with Crippen molar-refractivity contribution >= 4 is 29.4 Å². The van der Waals surface area contributed by atoms with Crippen molar-refractivity contribution in [2.24, 2.45) is 0 Å². The van der Waals surface area contributed by atoms with Crippen LogP contribution in [0.25, 0.3) is 0 Å². The average molecular weight is 149 g/mol. The molecule has 1 saturated heterocycles. The van der Waals surface area contributed by atoms with E-state index in [-0.39, 0.29) is 5.91 Å². The van der Waals surface area contributed by atoms with Gasteiger partial charge in [0.2, 0.25) is 5.91 Å². The SMILES string of the molecule is CSC1NC(=O)CS1. The molecular formula is C4H7NOS2. The van der Waals surface area contributed by atoms with E-state index in [1.807, 2.05) is 6.26 Å². The highest BCUT2D eigenvalue weighted by molar-refractivity contribution is 8.17. The van der Waals surface area contributed by atoms with E-state index in [1.165, 1.54) is 0 Å². The summed E-state index contributed by atoms with van der Waals surface area (Å²) in [5, 5.41) is 2.79. The summed E-state index contributed by atoms with van der Waals surface area (Å²) in [6, 6.07) is 0. The number of thioether (sulfide) groups is 2. The lowest BCUT2D eigenvalue weighted by molar-refractivity contribution is -0.117. The molecule has 0 radical (unpaired) electrons. The molecule has 4 heteroatoms. The van der Waals surface area contributed by atoms with Gasteiger partial charge in [0.15, 0.2) is 0 Å². The molecule has 0 aromatic carbocycles. The van der Waals surface area contributed by atoms with Crippen molar-refractivity contribution in [3.8, 4) is 0 Å². The molecule has 1 unspecified atom stereocenters. The molecule has 2 nitrogen and oxygen atoms in total. The normalized spacial score (nSPS) is 28.1. The molecule has 1 rings (SSSR count). The molecule has 8 heavy (non-hydrogen) atoms. The van der Waals surface area contributed by atoms with Crippen LogP contribution < -0.4 is 5.32 Å². The van der Waals surface area contributed by atoms with Gasteiger partial charge in [0.25, 0.3) is 0 Å². The molecule has 1 aliphatic heterocycles. The van der Waals surface area contributed by atoms with Gasteiger partial charge in [-0.3, -0.25) is 4.79 Å². The Bertz CT molecular complexity index is 106. The van der Waals surface area contributed by atoms with Crippen LogP contribution in [-0.4, -0.2) is 22.6 Å². The Morgan fingerprint density at radius 1 is 2.00 bits per heavy atom. The van der Waals surface area contributed by atoms with Crippen molar-refractivity contribution in [2.75, 3.05) is 12.0 Å². The van der Waals surface area contributed by atoms with Crippen molar-refractivity contribution in [1.29, 1.82) is 0 Å². The van der Waals surface area contributed by atoms with Crippen molar-refractivity contribution in [2.45, 2.75) is 4.71 Å². The van der Waals surface area contributed by atoms with Gasteiger partial charge in [-0.05, 0) is 6.26 Å². The molecule has 1 heterocycles. The van der Waals surface area contributed by atoms with Crippen molar-refractivity contribution in [3.63, 3.8) is 0 Å². The number of carbonyl (C=O) groups is 1. The van der Waals surface area contributed by atoms with E-state index in [9.17, 15) is 4.79 Å². The van der Waals surface area contributed by atoms with Crippen molar-refractivity contribution in [1.82, 2.24) is 5.32 Å². The molecular weight excluding hydrogens is 142 g/mol. The summed E-state index contributed by atoms with van der Waals surface area (Å²) in [5.41, 5.74) is 0. The van der Waals surface area contributed by atoms with Crippen LogP contribution in [0.4, 0.5) is 0 Å². The van der Waals surface area contributed by atoms with Crippen LogP contribution in [0.15, 0.2) is 0 Å². The maximum absolute atomic E-state index is 10.5. The van der Waals surface area contributed by atoms with E-state index in [0.717, 1.165) is 0 Å². The summed E-state index contributed by atoms with van der Waals surface area (Å²) >= 11 is 3.32. The smallest absolute Gasteiger partial charge is 0.231 e. The third-order valence-electron chi connectivity index (χ3n) is 0.859. The van der Waals surface area contributed by atoms with Gasteiger partial charge in [-0.25, -0.2) is 0 Å². The topological polar surface area (TPSA) is 29.1 Å². The first-order valence-electron chi connectivity index (χ1n) is 2.26. The number of nitrogens with one attached hydrogen (secondary N) is 1. The van der Waals surface area contributed by atoms with Crippen LogP contribution in [0.2, 0.25) is 0 Å². The van der Waals surface area contributed by atoms with Gasteiger partial charge < -0.3 is 5.32 Å². The fourth-order valence-corrected chi connectivity index (χ4v) is 2.09. The molecule has 0 saturated carbocycles. The molecule has 1 fully saturated rings. The molecule has 46 valence electrons. The quantitative estimate of drug-likeness (QED) is 0.588. The predicted molar refractivity (Wildman–Crippen MR) is 37.9 cm³/mol. The molecule has 0 spiro atoms. The molecule has 0 aromatic heterocycles. The lowest BCUT2D eigenvalue weighted by Crippen LogP contribution is -2.21. The Kier molecular flexibility index (Phi) is 2.08. The van der Waals surface area contributed by atoms with Crippen molar-refractivity contribution < 1.29 is 4.79 Å². The zero-order valence-electron chi connectivity index (χ0n) is 4.51. The van der Waals surface area contributed by atoms with Crippen LogP contribution in [-0.2, 0) is 4.79 Å². The van der Waals surface area contributed by atoms with Crippen LogP contribution in [0.5, 0.6) is 0 Å². The Hall–Kier alpha value is 0.170. The number of hydrogen-bond donors (Lipinski definition) is 1. The molecule has 1 amide bonds. The minimum absolute atomic E-state index is 0.161. The number of hydrogen-bond acceptors (Lipinski definition) is 3. The summed E-state index contributed by atoms with van der Waals surface area (Å²) in [5.74, 6) is 0.792. The molecule has 1 N–H and O–H groups in total. The van der Waals surface area contributed by atoms with Gasteiger partial charge in [-0.15, -0.1) is 23.5 Å². The summed E-state index contributed by atoms with van der Waals surface area (Å²) in [6.45, 7) is 0. The van der Waals surface area contributed by atoms with Gasteiger partial charge in [-0.1, -0.05) is 0 Å². The van der Waals surface area contributed by atoms with E-state index in [0.29, 0.717) is 10.5 Å². The van der Waals surface area contributed by atoms with E-state index < -0.39 is 0 Å². The first kappa shape index (κ1) is 6.29. The lowest BCUT2D eigenvalue weighted by Gasteiger charge is -2.01. The second-order valence-electron chi connectivity index (χ2n) is 1.45. The Morgan fingerprint density at radius 2 is 2.75 bits per heavy atom. The van der Waals surface area contributed by atoms with Crippen molar-refractivity contribution in [3.05, 3.63) is 0 Å². The maximum atomic E-state index is 10.5. The zero-order chi connectivity index (χ0) is 5.98. The van der Waals surface area contributed by atoms with E-state index in [1.54, 1.807) is 23.5 Å². The summed E-state index contributed by atoms with van der Waals surface area (Å²) in [6.07, 6.45) is 1.99. The lowest BCUT2D eigenvalue weighted by atomic mass is 10.7. The highest BCUT2D eigenvalue weighted by atomic mass is 32.2. The molecule has 1 aliphatic rings. The highest BCUT2D eigenvalue weighted by Crippen LogP contribution is 2.22. The van der Waals surface area contributed by atoms with Gasteiger partial charge in [0.05, 0.1) is 5.75 Å². The van der Waals surface area contributed by atoms with E-state index in [2.05, 4.69) is 5.32 Å². The van der Waals surface area contributed by atoms with Crippen LogP contribution >= 0.6 is 23.5 Å². The highest BCUT2D eigenvalue weighted by Gasteiger charge is 2.19. The monoisotopic (exact) mass is 149 g/mol. The van der Waals surface area contributed by atoms with Gasteiger partial charge in [-0.2, -0.15) is 0 Å². The average Bonchev–Trinajstić information content (AvgIpc) is 2.14. The minimum Gasteiger partial charge on any atom is -0.335 e. The van der Waals surface area contributed by atoms with Gasteiger partial charge >= 0.3 is 0 Å². The number of carbonyl (C=O) groups excluding carboxylic acids is 1. The zero-order valence-corrected chi connectivity index (χ0v) is 6.14. The fourth-order valence-electron chi connectivity index (χ4n) is 0.493. The third-order valence-corrected chi connectivity index (χ3v) is 3.24. The number of rotatable bonds is 1. The summed E-state index contributed by atoms with van der Waals surface area (Å²) in [7, 11) is 0. The maximum Gasteiger partial charge on any atom is 0.231 e. The Balaban J connectivity index is 2.32. The first-order valence-corrected chi connectivity index (χ1v) is 4.60. The minimum atomic E-state index is 0.161. The predicted octanol–water partition coefficient (Wildman–Crippen LogP) is 0.496. The second kappa shape index (κ2) is 2.64. The second-order valence-corrected chi connectivity index (χ2v) is 3.78. The molecule has 0 aliphatic carbocycles. The van der Waals surface area contributed by atoms with Crippen LogP contribution in [0.3, 0.4) is 0 Å². The fraction of sp³-hybridized carbons (Fsp3) is 0.750. The first-order chi connectivity index (χ1) is 3.83. The van der Waals surface area contributed by atoms with Gasteiger partial charge in [0, 0.05) is 0 Å². The molecule has 1 atom stereocenters. The largest absolute Gasteiger partial charge is 0.335 e. The van der Waals surface area contributed by atoms with Crippen LogP contribution in [0, 0.1) is 0 Å². The molecule has 0 bridgehead atoms. The summed E-state index contributed by atoms with van der Waals surface area (Å²) < 4.78 is 0.308. The Labute approximate surface area is 56.8 Å². The Morgan fingerprint density at radius 3 is 3.00 bits per heavy atom. The van der Waals surface area contributed by atoms with E-state index in [4.69, 9.17) is 0 Å². The summed E-state index contributed by atoms with van der Waals surface area (Å²) in [4.78, 5) is 10.5. The third kappa shape index (κ3) is 1.32. The van der Waals surface area contributed by atoms with E-state index >= 15 is 0 Å². The van der Waals surface area contributed by atoms with Gasteiger partial charge in [0.1, 0.15) is 4.71 Å². The standard InChI is InChI=1S/C4H7NOS2/c1-7-4-5-3(6)2-8-4/h4H,2H2,1H3,(H,5,6). The van der Waals surface area contributed by atoms with Crippen LogP contribution in [0.1, 0.15) is 0 Å².